The molecule has 0 amide bonds. The third-order valence-corrected chi connectivity index (χ3v) is 3.73. The number of benzene rings is 1. The van der Waals surface area contributed by atoms with Gasteiger partial charge in [0.05, 0.1) is 10.6 Å². The SMILES string of the molecule is Cc1cccc(-c2c(N(C)C)oc(Br)c2O)c1Cl. The molecule has 0 aliphatic rings. The van der Waals surface area contributed by atoms with Crippen molar-refractivity contribution < 1.29 is 9.52 Å². The van der Waals surface area contributed by atoms with Gasteiger partial charge in [-0.25, -0.2) is 0 Å². The Kier molecular flexibility index (Phi) is 3.59. The van der Waals surface area contributed by atoms with Crippen molar-refractivity contribution in [1.82, 2.24) is 0 Å². The molecule has 1 heterocycles. The van der Waals surface area contributed by atoms with Crippen LogP contribution in [0.4, 0.5) is 5.88 Å². The molecular weight excluding hydrogens is 318 g/mol. The predicted octanol–water partition coefficient (Wildman–Crippen LogP) is 4.44. The molecule has 5 heteroatoms. The van der Waals surface area contributed by atoms with Gasteiger partial charge in [-0.15, -0.1) is 0 Å². The van der Waals surface area contributed by atoms with Crippen molar-refractivity contribution in [2.45, 2.75) is 6.92 Å². The van der Waals surface area contributed by atoms with Crippen LogP contribution in [0.15, 0.2) is 27.3 Å². The van der Waals surface area contributed by atoms with E-state index in [1.165, 1.54) is 0 Å². The summed E-state index contributed by atoms with van der Waals surface area (Å²) in [6, 6.07) is 5.68. The Balaban J connectivity index is 2.74. The minimum atomic E-state index is 0.0613. The van der Waals surface area contributed by atoms with Crippen LogP contribution in [0.5, 0.6) is 5.75 Å². The Labute approximate surface area is 119 Å². The molecule has 2 rings (SSSR count). The van der Waals surface area contributed by atoms with E-state index in [4.69, 9.17) is 16.0 Å². The van der Waals surface area contributed by atoms with Gasteiger partial charge >= 0.3 is 0 Å². The summed E-state index contributed by atoms with van der Waals surface area (Å²) < 4.78 is 5.79. The summed E-state index contributed by atoms with van der Waals surface area (Å²) in [5.74, 6) is 0.623. The lowest BCUT2D eigenvalue weighted by Gasteiger charge is -2.12. The third-order valence-electron chi connectivity index (χ3n) is 2.69. The summed E-state index contributed by atoms with van der Waals surface area (Å²) >= 11 is 9.49. The Morgan fingerprint density at radius 3 is 2.61 bits per heavy atom. The molecule has 0 aliphatic carbocycles. The number of anilines is 1. The van der Waals surface area contributed by atoms with Crippen LogP contribution < -0.4 is 4.90 Å². The van der Waals surface area contributed by atoms with Gasteiger partial charge in [-0.05, 0) is 28.4 Å². The average Bonchev–Trinajstić information content (AvgIpc) is 2.60. The van der Waals surface area contributed by atoms with Crippen LogP contribution >= 0.6 is 27.5 Å². The first-order chi connectivity index (χ1) is 8.43. The van der Waals surface area contributed by atoms with Gasteiger partial charge in [0.25, 0.3) is 0 Å². The first-order valence-corrected chi connectivity index (χ1v) is 6.54. The molecule has 0 saturated heterocycles. The van der Waals surface area contributed by atoms with Crippen LogP contribution in [0.1, 0.15) is 5.56 Å². The van der Waals surface area contributed by atoms with E-state index in [1.807, 2.05) is 39.2 Å². The quantitative estimate of drug-likeness (QED) is 0.884. The second-order valence-corrected chi connectivity index (χ2v) is 5.33. The molecule has 1 N–H and O–H groups in total. The van der Waals surface area contributed by atoms with E-state index in [9.17, 15) is 5.11 Å². The van der Waals surface area contributed by atoms with E-state index in [0.717, 1.165) is 11.1 Å². The summed E-state index contributed by atoms with van der Waals surface area (Å²) in [5.41, 5.74) is 2.31. The molecule has 1 aromatic carbocycles. The van der Waals surface area contributed by atoms with Gasteiger partial charge in [-0.3, -0.25) is 0 Å². The van der Waals surface area contributed by atoms with Crippen molar-refractivity contribution in [3.05, 3.63) is 33.5 Å². The monoisotopic (exact) mass is 329 g/mol. The molecule has 0 saturated carbocycles. The Hall–Kier alpha value is -1.13. The fourth-order valence-electron chi connectivity index (χ4n) is 1.78. The maximum Gasteiger partial charge on any atom is 0.214 e. The molecular formula is C13H13BrClNO2. The van der Waals surface area contributed by atoms with Crippen LogP contribution in [0.3, 0.4) is 0 Å². The Morgan fingerprint density at radius 2 is 2.00 bits per heavy atom. The molecule has 0 spiro atoms. The highest BCUT2D eigenvalue weighted by Gasteiger charge is 2.23. The molecule has 1 aromatic heterocycles. The molecule has 0 aliphatic heterocycles. The van der Waals surface area contributed by atoms with Crippen LogP contribution in [-0.4, -0.2) is 19.2 Å². The van der Waals surface area contributed by atoms with Crippen molar-refractivity contribution in [1.29, 1.82) is 0 Å². The van der Waals surface area contributed by atoms with Gasteiger partial charge in [-0.2, -0.15) is 0 Å². The normalized spacial score (nSPS) is 10.7. The number of aromatic hydroxyl groups is 1. The number of rotatable bonds is 2. The topological polar surface area (TPSA) is 36.6 Å². The van der Waals surface area contributed by atoms with Gasteiger partial charge < -0.3 is 14.4 Å². The molecule has 0 atom stereocenters. The molecule has 0 unspecified atom stereocenters. The van der Waals surface area contributed by atoms with E-state index >= 15 is 0 Å². The highest BCUT2D eigenvalue weighted by atomic mass is 79.9. The highest BCUT2D eigenvalue weighted by Crippen LogP contribution is 2.47. The van der Waals surface area contributed by atoms with E-state index in [-0.39, 0.29) is 5.75 Å². The molecule has 96 valence electrons. The molecule has 3 nitrogen and oxygen atoms in total. The molecule has 18 heavy (non-hydrogen) atoms. The van der Waals surface area contributed by atoms with Crippen LogP contribution in [0, 0.1) is 6.92 Å². The van der Waals surface area contributed by atoms with Crippen molar-refractivity contribution in [3.63, 3.8) is 0 Å². The summed E-state index contributed by atoms with van der Waals surface area (Å²) in [6.45, 7) is 1.92. The van der Waals surface area contributed by atoms with Crippen molar-refractivity contribution in [2.24, 2.45) is 0 Å². The summed E-state index contributed by atoms with van der Waals surface area (Å²) in [4.78, 5) is 1.79. The minimum absolute atomic E-state index is 0.0613. The van der Waals surface area contributed by atoms with Gasteiger partial charge in [0, 0.05) is 19.7 Å². The second-order valence-electron chi connectivity index (χ2n) is 4.24. The molecule has 0 radical (unpaired) electrons. The van der Waals surface area contributed by atoms with Crippen LogP contribution in [-0.2, 0) is 0 Å². The van der Waals surface area contributed by atoms with Crippen molar-refractivity contribution >= 4 is 33.4 Å². The lowest BCUT2D eigenvalue weighted by atomic mass is 10.0. The number of nitrogens with zero attached hydrogens (tertiary/aromatic N) is 1. The Morgan fingerprint density at radius 1 is 1.33 bits per heavy atom. The van der Waals surface area contributed by atoms with Gasteiger partial charge in [0.1, 0.15) is 0 Å². The van der Waals surface area contributed by atoms with Crippen molar-refractivity contribution in [3.8, 4) is 16.9 Å². The van der Waals surface area contributed by atoms with E-state index in [0.29, 0.717) is 21.1 Å². The van der Waals surface area contributed by atoms with E-state index in [2.05, 4.69) is 15.9 Å². The fraction of sp³-hybridized carbons (Fsp3) is 0.231. The van der Waals surface area contributed by atoms with Crippen LogP contribution in [0.25, 0.3) is 11.1 Å². The van der Waals surface area contributed by atoms with Gasteiger partial charge in [0.2, 0.25) is 10.6 Å². The number of aryl methyl sites for hydroxylation is 1. The predicted molar refractivity (Wildman–Crippen MR) is 77.6 cm³/mol. The first kappa shape index (κ1) is 13.3. The second kappa shape index (κ2) is 4.86. The lowest BCUT2D eigenvalue weighted by molar-refractivity contribution is 0.447. The number of halogens is 2. The number of hydrogen-bond donors (Lipinski definition) is 1. The summed E-state index contributed by atoms with van der Waals surface area (Å²) in [6.07, 6.45) is 0. The molecule has 0 bridgehead atoms. The summed E-state index contributed by atoms with van der Waals surface area (Å²) in [5, 5.41) is 10.7. The number of hydrogen-bond acceptors (Lipinski definition) is 3. The zero-order valence-corrected chi connectivity index (χ0v) is 12.6. The van der Waals surface area contributed by atoms with Gasteiger partial charge in [0.15, 0.2) is 5.75 Å². The standard InChI is InChI=1S/C13H13BrClNO2/c1-7-5-4-6-8(10(7)15)9-11(17)12(14)18-13(9)16(2)3/h4-6,17H,1-3H3. The third kappa shape index (κ3) is 2.10. The molecule has 0 fully saturated rings. The average molecular weight is 331 g/mol. The largest absolute Gasteiger partial charge is 0.503 e. The maximum absolute atomic E-state index is 10.1. The summed E-state index contributed by atoms with van der Waals surface area (Å²) in [7, 11) is 3.69. The number of furan rings is 1. The van der Waals surface area contributed by atoms with Crippen LogP contribution in [0.2, 0.25) is 5.02 Å². The first-order valence-electron chi connectivity index (χ1n) is 5.37. The highest BCUT2D eigenvalue weighted by molar-refractivity contribution is 9.10. The lowest BCUT2D eigenvalue weighted by Crippen LogP contribution is -2.08. The fourth-order valence-corrected chi connectivity index (χ4v) is 2.35. The zero-order valence-electron chi connectivity index (χ0n) is 10.3. The van der Waals surface area contributed by atoms with E-state index in [1.54, 1.807) is 4.90 Å². The van der Waals surface area contributed by atoms with Gasteiger partial charge in [-0.1, -0.05) is 29.8 Å². The Bertz CT molecular complexity index is 593. The van der Waals surface area contributed by atoms with E-state index < -0.39 is 0 Å². The maximum atomic E-state index is 10.1. The zero-order chi connectivity index (χ0) is 13.4. The molecule has 2 aromatic rings. The van der Waals surface area contributed by atoms with Crippen molar-refractivity contribution in [2.75, 3.05) is 19.0 Å². The minimum Gasteiger partial charge on any atom is -0.503 e. The smallest absolute Gasteiger partial charge is 0.214 e.